The van der Waals surface area contributed by atoms with Gasteiger partial charge < -0.3 is 19.0 Å². The number of nitrogens with zero attached hydrogens (tertiary/aromatic N) is 1. The molecule has 33 heavy (non-hydrogen) atoms. The minimum atomic E-state index is -0.472. The molecule has 0 radical (unpaired) electrons. The Morgan fingerprint density at radius 1 is 1.06 bits per heavy atom. The van der Waals surface area contributed by atoms with E-state index in [1.54, 1.807) is 0 Å². The molecule has 0 saturated heterocycles. The first kappa shape index (κ1) is 23.3. The number of carbonyl (C=O) groups excluding carboxylic acids is 3. The zero-order valence-corrected chi connectivity index (χ0v) is 19.8. The fraction of sp³-hybridized carbons (Fsp3) is 0.600. The Bertz CT molecular complexity index is 1000. The summed E-state index contributed by atoms with van der Waals surface area (Å²) in [6, 6.07) is 5.69. The molecule has 3 aliphatic rings. The average molecular weight is 458 g/mol. The van der Waals surface area contributed by atoms with Crippen molar-refractivity contribution in [3.63, 3.8) is 0 Å². The van der Waals surface area contributed by atoms with Gasteiger partial charge in [0, 0.05) is 31.7 Å². The standard InChI is InChI=1S/C25H31NO7/c1-13(27)31-16-6-7-17-18-8-9-25(4)21(19(18)11-22(26-30-5)20(17)10-16)12-23(32-14(2)28)24(25)33-15(3)29/h6-7,10,18-19,21,23-24H,8-9,11-12H2,1-5H3/b26-22-/t18-,19-,21+,23-,24+,25+/m1/s1. The third kappa shape index (κ3) is 4.23. The minimum absolute atomic E-state index is 0.174. The summed E-state index contributed by atoms with van der Waals surface area (Å²) < 4.78 is 16.7. The zero-order chi connectivity index (χ0) is 23.9. The predicted molar refractivity (Wildman–Crippen MR) is 119 cm³/mol. The van der Waals surface area contributed by atoms with Crippen molar-refractivity contribution in [3.05, 3.63) is 29.3 Å². The van der Waals surface area contributed by atoms with Crippen LogP contribution in [0.5, 0.6) is 5.75 Å². The summed E-state index contributed by atoms with van der Waals surface area (Å²) >= 11 is 0. The van der Waals surface area contributed by atoms with E-state index in [4.69, 9.17) is 19.0 Å². The number of ether oxygens (including phenoxy) is 3. The second-order valence-electron chi connectivity index (χ2n) is 9.60. The van der Waals surface area contributed by atoms with Gasteiger partial charge in [0.15, 0.2) is 0 Å². The number of fused-ring (bicyclic) bond motifs is 5. The third-order valence-electron chi connectivity index (χ3n) is 7.59. The molecule has 4 rings (SSSR count). The molecular weight excluding hydrogens is 426 g/mol. The number of oxime groups is 1. The Labute approximate surface area is 193 Å². The summed E-state index contributed by atoms with van der Waals surface area (Å²) in [5, 5.41) is 4.31. The first-order chi connectivity index (χ1) is 15.6. The van der Waals surface area contributed by atoms with Crippen LogP contribution in [0.4, 0.5) is 0 Å². The molecule has 2 fully saturated rings. The molecule has 0 amide bonds. The second-order valence-corrected chi connectivity index (χ2v) is 9.60. The molecule has 1 aromatic rings. The van der Waals surface area contributed by atoms with Gasteiger partial charge in [-0.15, -0.1) is 0 Å². The number of hydrogen-bond acceptors (Lipinski definition) is 8. The lowest BCUT2D eigenvalue weighted by Crippen LogP contribution is -2.47. The summed E-state index contributed by atoms with van der Waals surface area (Å²) in [4.78, 5) is 40.3. The van der Waals surface area contributed by atoms with Crippen molar-refractivity contribution < 1.29 is 33.4 Å². The van der Waals surface area contributed by atoms with Gasteiger partial charge in [0.05, 0.1) is 5.71 Å². The molecule has 8 heteroatoms. The van der Waals surface area contributed by atoms with Crippen LogP contribution in [0.1, 0.15) is 70.4 Å². The van der Waals surface area contributed by atoms with Crippen molar-refractivity contribution >= 4 is 23.6 Å². The van der Waals surface area contributed by atoms with Crippen molar-refractivity contribution in [3.8, 4) is 5.75 Å². The van der Waals surface area contributed by atoms with Gasteiger partial charge in [-0.05, 0) is 61.1 Å². The Balaban J connectivity index is 1.72. The number of carbonyl (C=O) groups is 3. The number of rotatable bonds is 4. The van der Waals surface area contributed by atoms with E-state index in [1.807, 2.05) is 18.2 Å². The maximum Gasteiger partial charge on any atom is 0.308 e. The van der Waals surface area contributed by atoms with Gasteiger partial charge in [-0.25, -0.2) is 0 Å². The highest BCUT2D eigenvalue weighted by Gasteiger charge is 2.61. The van der Waals surface area contributed by atoms with Crippen LogP contribution in [0.3, 0.4) is 0 Å². The van der Waals surface area contributed by atoms with Crippen LogP contribution in [-0.2, 0) is 28.7 Å². The van der Waals surface area contributed by atoms with Gasteiger partial charge in [0.25, 0.3) is 0 Å². The van der Waals surface area contributed by atoms with Gasteiger partial charge in [0.2, 0.25) is 0 Å². The number of benzene rings is 1. The summed E-state index contributed by atoms with van der Waals surface area (Å²) in [6.45, 7) is 6.31. The molecule has 0 N–H and O–H groups in total. The van der Waals surface area contributed by atoms with Crippen molar-refractivity contribution in [1.29, 1.82) is 0 Å². The molecule has 0 heterocycles. The molecule has 0 unspecified atom stereocenters. The smallest absolute Gasteiger partial charge is 0.308 e. The lowest BCUT2D eigenvalue weighted by atomic mass is 9.55. The molecule has 0 bridgehead atoms. The first-order valence-corrected chi connectivity index (χ1v) is 11.4. The molecule has 3 aliphatic carbocycles. The molecule has 8 nitrogen and oxygen atoms in total. The average Bonchev–Trinajstić information content (AvgIpc) is 2.99. The summed E-state index contributed by atoms with van der Waals surface area (Å²) in [5.41, 5.74) is 2.58. The van der Waals surface area contributed by atoms with Crippen molar-refractivity contribution in [2.24, 2.45) is 22.4 Å². The number of esters is 3. The Morgan fingerprint density at radius 3 is 2.42 bits per heavy atom. The van der Waals surface area contributed by atoms with Crippen LogP contribution < -0.4 is 4.74 Å². The molecule has 2 saturated carbocycles. The van der Waals surface area contributed by atoms with Crippen LogP contribution in [-0.4, -0.2) is 42.9 Å². The highest BCUT2D eigenvalue weighted by molar-refractivity contribution is 6.03. The number of hydrogen-bond donors (Lipinski definition) is 0. The molecular formula is C25H31NO7. The molecule has 0 aliphatic heterocycles. The summed E-state index contributed by atoms with van der Waals surface area (Å²) in [5.74, 6) is 0.0430. The molecule has 178 valence electrons. The van der Waals surface area contributed by atoms with Crippen LogP contribution in [0.2, 0.25) is 0 Å². The molecule has 1 aromatic carbocycles. The van der Waals surface area contributed by atoms with Crippen LogP contribution in [0, 0.1) is 17.3 Å². The summed E-state index contributed by atoms with van der Waals surface area (Å²) in [7, 11) is 1.52. The normalized spacial score (nSPS) is 33.4. The maximum absolute atomic E-state index is 11.9. The highest BCUT2D eigenvalue weighted by atomic mass is 16.6. The van der Waals surface area contributed by atoms with E-state index in [1.165, 1.54) is 27.9 Å². The van der Waals surface area contributed by atoms with E-state index >= 15 is 0 Å². The van der Waals surface area contributed by atoms with Crippen LogP contribution in [0.25, 0.3) is 0 Å². The van der Waals surface area contributed by atoms with E-state index in [0.29, 0.717) is 18.6 Å². The van der Waals surface area contributed by atoms with E-state index < -0.39 is 12.2 Å². The van der Waals surface area contributed by atoms with E-state index in [-0.39, 0.29) is 41.1 Å². The molecule has 0 aromatic heterocycles. The van der Waals surface area contributed by atoms with Crippen molar-refractivity contribution in [2.75, 3.05) is 7.11 Å². The van der Waals surface area contributed by atoms with Gasteiger partial charge in [-0.1, -0.05) is 18.1 Å². The third-order valence-corrected chi connectivity index (χ3v) is 7.59. The summed E-state index contributed by atoms with van der Waals surface area (Å²) in [6.07, 6.45) is 2.13. The van der Waals surface area contributed by atoms with Crippen LogP contribution in [0.15, 0.2) is 23.4 Å². The van der Waals surface area contributed by atoms with Gasteiger partial charge in [0.1, 0.15) is 25.1 Å². The fourth-order valence-electron chi connectivity index (χ4n) is 6.48. The Kier molecular flexibility index (Phi) is 6.20. The SMILES string of the molecule is CO/N=C1/C[C@@H]2[C@H](CC[C@@]3(C)[C@H]2C[C@@H](OC(C)=O)[C@@H]3OC(C)=O)c2ccc(OC(C)=O)cc21. The van der Waals surface area contributed by atoms with E-state index in [2.05, 4.69) is 12.1 Å². The largest absolute Gasteiger partial charge is 0.459 e. The van der Waals surface area contributed by atoms with Gasteiger partial charge in [-0.2, -0.15) is 0 Å². The predicted octanol–water partition coefficient (Wildman–Crippen LogP) is 3.75. The monoisotopic (exact) mass is 457 g/mol. The van der Waals surface area contributed by atoms with Gasteiger partial charge in [-0.3, -0.25) is 14.4 Å². The van der Waals surface area contributed by atoms with E-state index in [0.717, 1.165) is 29.7 Å². The zero-order valence-electron chi connectivity index (χ0n) is 19.8. The first-order valence-electron chi connectivity index (χ1n) is 11.4. The quantitative estimate of drug-likeness (QED) is 0.386. The topological polar surface area (TPSA) is 100 Å². The van der Waals surface area contributed by atoms with Crippen molar-refractivity contribution in [1.82, 2.24) is 0 Å². The van der Waals surface area contributed by atoms with Crippen molar-refractivity contribution in [2.45, 2.75) is 71.5 Å². The fourth-order valence-corrected chi connectivity index (χ4v) is 6.48. The van der Waals surface area contributed by atoms with Gasteiger partial charge >= 0.3 is 17.9 Å². The van der Waals surface area contributed by atoms with Crippen LogP contribution >= 0.6 is 0 Å². The molecule has 0 spiro atoms. The Hall–Kier alpha value is -2.90. The minimum Gasteiger partial charge on any atom is -0.459 e. The lowest BCUT2D eigenvalue weighted by molar-refractivity contribution is -0.171. The Morgan fingerprint density at radius 2 is 1.79 bits per heavy atom. The maximum atomic E-state index is 11.9. The molecule has 6 atom stereocenters. The lowest BCUT2D eigenvalue weighted by Gasteiger charge is -2.50. The highest BCUT2D eigenvalue weighted by Crippen LogP contribution is 2.62. The van der Waals surface area contributed by atoms with E-state index in [9.17, 15) is 14.4 Å². The second kappa shape index (κ2) is 8.80.